The Bertz CT molecular complexity index is 329. The Balaban J connectivity index is 2.22. The second-order valence-electron chi connectivity index (χ2n) is 5.36. The first kappa shape index (κ1) is 17.2. The van der Waals surface area contributed by atoms with Gasteiger partial charge in [0.2, 0.25) is 0 Å². The molecule has 1 unspecified atom stereocenters. The van der Waals surface area contributed by atoms with E-state index >= 15 is 0 Å². The molecule has 0 fully saturated rings. The monoisotopic (exact) mass is 345 g/mol. The van der Waals surface area contributed by atoms with Crippen LogP contribution in [-0.4, -0.2) is 7.05 Å². The maximum absolute atomic E-state index is 3.62. The third-order valence-electron chi connectivity index (χ3n) is 3.66. The zero-order chi connectivity index (χ0) is 14.1. The van der Waals surface area contributed by atoms with Crippen LogP contribution >= 0.6 is 27.3 Å². The lowest BCUT2D eigenvalue weighted by Crippen LogP contribution is -2.14. The van der Waals surface area contributed by atoms with Gasteiger partial charge in [-0.05, 0) is 48.0 Å². The van der Waals surface area contributed by atoms with Crippen LogP contribution in [0.15, 0.2) is 9.85 Å². The lowest BCUT2D eigenvalue weighted by atomic mass is 10.0. The summed E-state index contributed by atoms with van der Waals surface area (Å²) in [7, 11) is 2.08. The summed E-state index contributed by atoms with van der Waals surface area (Å²) in [5, 5.41) is 3.46. The van der Waals surface area contributed by atoms with Gasteiger partial charge in [0.25, 0.3) is 0 Å². The molecule has 0 aliphatic carbocycles. The smallest absolute Gasteiger partial charge is 0.0731 e. The Labute approximate surface area is 131 Å². The normalized spacial score (nSPS) is 12.8. The molecule has 0 saturated heterocycles. The molecular formula is C16H28BrNS. The minimum absolute atomic E-state index is 0.533. The van der Waals surface area contributed by atoms with Gasteiger partial charge in [-0.3, -0.25) is 0 Å². The topological polar surface area (TPSA) is 12.0 Å². The van der Waals surface area contributed by atoms with Crippen molar-refractivity contribution in [1.29, 1.82) is 0 Å². The number of aryl methyl sites for hydroxylation is 1. The van der Waals surface area contributed by atoms with Crippen molar-refractivity contribution in [2.45, 2.75) is 71.3 Å². The Hall–Kier alpha value is 0.140. The number of rotatable bonds is 10. The van der Waals surface area contributed by atoms with E-state index < -0.39 is 0 Å². The lowest BCUT2D eigenvalue weighted by Gasteiger charge is -2.14. The van der Waals surface area contributed by atoms with Crippen LogP contribution in [0, 0.1) is 6.92 Å². The number of hydrogen-bond acceptors (Lipinski definition) is 2. The molecule has 1 nitrogen and oxygen atoms in total. The quantitative estimate of drug-likeness (QED) is 0.496. The van der Waals surface area contributed by atoms with Crippen molar-refractivity contribution in [3.63, 3.8) is 0 Å². The zero-order valence-electron chi connectivity index (χ0n) is 12.6. The molecule has 1 rings (SSSR count). The first-order valence-corrected chi connectivity index (χ1v) is 9.23. The molecule has 0 spiro atoms. The van der Waals surface area contributed by atoms with E-state index in [9.17, 15) is 0 Å². The van der Waals surface area contributed by atoms with Crippen LogP contribution in [0.25, 0.3) is 0 Å². The molecule has 1 heterocycles. The first-order chi connectivity index (χ1) is 9.19. The van der Waals surface area contributed by atoms with E-state index in [1.807, 2.05) is 11.3 Å². The maximum Gasteiger partial charge on any atom is 0.0731 e. The van der Waals surface area contributed by atoms with Crippen molar-refractivity contribution in [3.8, 4) is 0 Å². The highest BCUT2D eigenvalue weighted by molar-refractivity contribution is 9.11. The van der Waals surface area contributed by atoms with Crippen molar-refractivity contribution < 1.29 is 0 Å². The van der Waals surface area contributed by atoms with E-state index in [2.05, 4.69) is 48.2 Å². The van der Waals surface area contributed by atoms with E-state index in [1.165, 1.54) is 65.6 Å². The Morgan fingerprint density at radius 1 is 1.16 bits per heavy atom. The third kappa shape index (κ3) is 6.42. The average molecular weight is 346 g/mol. The van der Waals surface area contributed by atoms with Crippen LogP contribution in [0.2, 0.25) is 0 Å². The molecule has 0 saturated carbocycles. The van der Waals surface area contributed by atoms with E-state index in [1.54, 1.807) is 0 Å². The number of unbranched alkanes of at least 4 members (excludes halogenated alkanes) is 6. The van der Waals surface area contributed by atoms with Gasteiger partial charge in [-0.25, -0.2) is 0 Å². The molecule has 110 valence electrons. The summed E-state index contributed by atoms with van der Waals surface area (Å²) >= 11 is 5.50. The molecule has 0 amide bonds. The van der Waals surface area contributed by atoms with Gasteiger partial charge in [0, 0.05) is 10.9 Å². The standard InChI is InChI=1S/C16H28BrNS/c1-4-5-6-7-8-9-10-11-14(18-3)15-12-13(2)16(17)19-15/h12,14,18H,4-11H2,1-3H3. The second-order valence-corrected chi connectivity index (χ2v) is 7.76. The molecule has 19 heavy (non-hydrogen) atoms. The van der Waals surface area contributed by atoms with E-state index in [0.717, 1.165) is 0 Å². The molecule has 1 atom stereocenters. The Morgan fingerprint density at radius 3 is 2.32 bits per heavy atom. The van der Waals surface area contributed by atoms with Gasteiger partial charge in [-0.15, -0.1) is 11.3 Å². The van der Waals surface area contributed by atoms with Crippen LogP contribution in [0.3, 0.4) is 0 Å². The van der Waals surface area contributed by atoms with Crippen LogP contribution in [-0.2, 0) is 0 Å². The van der Waals surface area contributed by atoms with Crippen molar-refractivity contribution in [2.75, 3.05) is 7.05 Å². The van der Waals surface area contributed by atoms with Crippen molar-refractivity contribution in [1.82, 2.24) is 5.32 Å². The SMILES string of the molecule is CCCCCCCCCC(NC)c1cc(C)c(Br)s1. The van der Waals surface area contributed by atoms with Gasteiger partial charge in [-0.2, -0.15) is 0 Å². The minimum Gasteiger partial charge on any atom is -0.312 e. The highest BCUT2D eigenvalue weighted by atomic mass is 79.9. The molecule has 1 N–H and O–H groups in total. The predicted molar refractivity (Wildman–Crippen MR) is 91.2 cm³/mol. The summed E-state index contributed by atoms with van der Waals surface area (Å²) in [5.41, 5.74) is 1.36. The third-order valence-corrected chi connectivity index (χ3v) is 5.91. The first-order valence-electron chi connectivity index (χ1n) is 7.62. The number of hydrogen-bond donors (Lipinski definition) is 1. The van der Waals surface area contributed by atoms with Crippen LogP contribution < -0.4 is 5.32 Å². The molecule has 3 heteroatoms. The molecule has 1 aromatic rings. The van der Waals surface area contributed by atoms with Gasteiger partial charge >= 0.3 is 0 Å². The molecule has 1 aromatic heterocycles. The van der Waals surface area contributed by atoms with Crippen molar-refractivity contribution in [3.05, 3.63) is 20.3 Å². The highest BCUT2D eigenvalue weighted by Crippen LogP contribution is 2.33. The second kappa shape index (κ2) is 9.95. The number of nitrogens with one attached hydrogen (secondary N) is 1. The van der Waals surface area contributed by atoms with Gasteiger partial charge < -0.3 is 5.32 Å². The summed E-state index contributed by atoms with van der Waals surface area (Å²) in [5.74, 6) is 0. The maximum atomic E-state index is 3.62. The molecule has 0 bridgehead atoms. The van der Waals surface area contributed by atoms with E-state index in [0.29, 0.717) is 6.04 Å². The van der Waals surface area contributed by atoms with Gasteiger partial charge in [0.1, 0.15) is 0 Å². The van der Waals surface area contributed by atoms with Crippen LogP contribution in [0.5, 0.6) is 0 Å². The number of halogens is 1. The largest absolute Gasteiger partial charge is 0.312 e. The predicted octanol–water partition coefficient (Wildman–Crippen LogP) is 6.22. The van der Waals surface area contributed by atoms with Crippen molar-refractivity contribution >= 4 is 27.3 Å². The molecular weight excluding hydrogens is 318 g/mol. The summed E-state index contributed by atoms with van der Waals surface area (Å²) < 4.78 is 1.28. The summed E-state index contributed by atoms with van der Waals surface area (Å²) in [6.45, 7) is 4.45. The Morgan fingerprint density at radius 2 is 1.79 bits per heavy atom. The highest BCUT2D eigenvalue weighted by Gasteiger charge is 2.12. The van der Waals surface area contributed by atoms with Gasteiger partial charge in [0.05, 0.1) is 3.79 Å². The summed E-state index contributed by atoms with van der Waals surface area (Å²) in [6.07, 6.45) is 11.0. The molecule has 0 aromatic carbocycles. The molecule has 0 aliphatic heterocycles. The van der Waals surface area contributed by atoms with Gasteiger partial charge in [0.15, 0.2) is 0 Å². The van der Waals surface area contributed by atoms with E-state index in [-0.39, 0.29) is 0 Å². The minimum atomic E-state index is 0.533. The lowest BCUT2D eigenvalue weighted by molar-refractivity contribution is 0.501. The van der Waals surface area contributed by atoms with E-state index in [4.69, 9.17) is 0 Å². The molecule has 0 radical (unpaired) electrons. The fourth-order valence-electron chi connectivity index (χ4n) is 2.39. The molecule has 0 aliphatic rings. The van der Waals surface area contributed by atoms with Crippen LogP contribution in [0.4, 0.5) is 0 Å². The van der Waals surface area contributed by atoms with Crippen LogP contribution in [0.1, 0.15) is 74.8 Å². The fraction of sp³-hybridized carbons (Fsp3) is 0.750. The number of thiophene rings is 1. The summed E-state index contributed by atoms with van der Waals surface area (Å²) in [4.78, 5) is 1.47. The fourth-order valence-corrected chi connectivity index (χ4v) is 4.11. The van der Waals surface area contributed by atoms with Gasteiger partial charge in [-0.1, -0.05) is 51.9 Å². The Kier molecular flexibility index (Phi) is 9.01. The summed E-state index contributed by atoms with van der Waals surface area (Å²) in [6, 6.07) is 2.85. The zero-order valence-corrected chi connectivity index (χ0v) is 15.0. The average Bonchev–Trinajstić information content (AvgIpc) is 2.73. The van der Waals surface area contributed by atoms with Crippen molar-refractivity contribution in [2.24, 2.45) is 0 Å².